The molecule has 0 aliphatic carbocycles. The number of aromatic nitrogens is 5. The van der Waals surface area contributed by atoms with Crippen molar-refractivity contribution in [3.05, 3.63) is 36.4 Å². The molecule has 0 aromatic carbocycles. The summed E-state index contributed by atoms with van der Waals surface area (Å²) in [6.45, 7) is 5.01. The van der Waals surface area contributed by atoms with Gasteiger partial charge in [0.1, 0.15) is 17.0 Å². The van der Waals surface area contributed by atoms with E-state index in [9.17, 15) is 0 Å². The normalized spacial score (nSPS) is 18.5. The first-order valence-electron chi connectivity index (χ1n) is 9.88. The number of pyridine rings is 1. The third-order valence-electron chi connectivity index (χ3n) is 5.35. The zero-order valence-electron chi connectivity index (χ0n) is 15.7. The Kier molecular flexibility index (Phi) is 4.80. The summed E-state index contributed by atoms with van der Waals surface area (Å²) in [6.07, 6.45) is 5.73. The third-order valence-corrected chi connectivity index (χ3v) is 5.35. The molecule has 144 valence electrons. The minimum Gasteiger partial charge on any atom is -0.378 e. The van der Waals surface area contributed by atoms with Crippen LogP contribution in [0.2, 0.25) is 0 Å². The third kappa shape index (κ3) is 3.41. The smallest absolute Gasteiger partial charge is 0.181 e. The van der Waals surface area contributed by atoms with Crippen molar-refractivity contribution >= 4 is 16.9 Å². The molecule has 3 aromatic rings. The average Bonchev–Trinajstić information content (AvgIpc) is 2.79. The highest BCUT2D eigenvalue weighted by Gasteiger charge is 2.21. The van der Waals surface area contributed by atoms with Crippen molar-refractivity contribution in [3.8, 4) is 11.5 Å². The van der Waals surface area contributed by atoms with E-state index in [1.54, 1.807) is 6.20 Å². The van der Waals surface area contributed by atoms with Gasteiger partial charge < -0.3 is 15.0 Å². The van der Waals surface area contributed by atoms with E-state index < -0.39 is 0 Å². The number of hydrogen-bond donors (Lipinski definition) is 1. The molecule has 0 unspecified atom stereocenters. The van der Waals surface area contributed by atoms with Crippen LogP contribution in [0.3, 0.4) is 0 Å². The van der Waals surface area contributed by atoms with E-state index in [1.165, 1.54) is 0 Å². The van der Waals surface area contributed by atoms with Crippen LogP contribution in [0.25, 0.3) is 22.6 Å². The van der Waals surface area contributed by atoms with Gasteiger partial charge in [-0.3, -0.25) is 4.98 Å². The average molecular weight is 377 g/mol. The van der Waals surface area contributed by atoms with Gasteiger partial charge in [0.15, 0.2) is 11.6 Å². The van der Waals surface area contributed by atoms with Gasteiger partial charge in [0.25, 0.3) is 0 Å². The standard InChI is InChI=1S/C20H23N7O/c1-2-15-17(22-6-1)20(27-10-12-28-13-11-27)26-19(24-15)16-5-9-23-18(25-16)14-3-7-21-8-4-14/h1-2,5-6,9,14,21H,3-4,7-8,10-13H2. The Bertz CT molecular complexity index is 968. The minimum atomic E-state index is 0.391. The fraction of sp³-hybridized carbons (Fsp3) is 0.450. The number of piperidine rings is 1. The first kappa shape index (κ1) is 17.4. The number of ether oxygens (including phenoxy) is 1. The van der Waals surface area contributed by atoms with Crippen LogP contribution in [0.15, 0.2) is 30.6 Å². The van der Waals surface area contributed by atoms with E-state index >= 15 is 0 Å². The Labute approximate surface area is 163 Å². The Hall–Kier alpha value is -2.71. The second-order valence-corrected chi connectivity index (χ2v) is 7.17. The number of hydrogen-bond acceptors (Lipinski definition) is 8. The summed E-state index contributed by atoms with van der Waals surface area (Å²) in [5.74, 6) is 2.76. The lowest BCUT2D eigenvalue weighted by molar-refractivity contribution is 0.122. The maximum absolute atomic E-state index is 5.50. The number of rotatable bonds is 3. The first-order valence-corrected chi connectivity index (χ1v) is 9.88. The van der Waals surface area contributed by atoms with Gasteiger partial charge in [0, 0.05) is 31.4 Å². The molecular formula is C20H23N7O. The van der Waals surface area contributed by atoms with Crippen LogP contribution in [-0.2, 0) is 4.74 Å². The molecule has 3 aromatic heterocycles. The second kappa shape index (κ2) is 7.73. The Morgan fingerprint density at radius 1 is 0.964 bits per heavy atom. The maximum atomic E-state index is 5.50. The largest absolute Gasteiger partial charge is 0.378 e. The Morgan fingerprint density at radius 2 is 1.82 bits per heavy atom. The highest BCUT2D eigenvalue weighted by Crippen LogP contribution is 2.27. The maximum Gasteiger partial charge on any atom is 0.181 e. The zero-order valence-corrected chi connectivity index (χ0v) is 15.7. The number of anilines is 1. The molecule has 0 atom stereocenters. The molecule has 0 amide bonds. The van der Waals surface area contributed by atoms with E-state index in [4.69, 9.17) is 19.7 Å². The van der Waals surface area contributed by atoms with Crippen LogP contribution in [0.4, 0.5) is 5.82 Å². The summed E-state index contributed by atoms with van der Waals surface area (Å²) in [6, 6.07) is 5.78. The summed E-state index contributed by atoms with van der Waals surface area (Å²) in [5.41, 5.74) is 2.42. The van der Waals surface area contributed by atoms with Crippen LogP contribution < -0.4 is 10.2 Å². The molecule has 0 bridgehead atoms. The predicted octanol–water partition coefficient (Wildman–Crippen LogP) is 1.79. The number of nitrogens with one attached hydrogen (secondary N) is 1. The number of nitrogens with zero attached hydrogens (tertiary/aromatic N) is 6. The fourth-order valence-electron chi connectivity index (χ4n) is 3.84. The van der Waals surface area contributed by atoms with Gasteiger partial charge in [-0.25, -0.2) is 19.9 Å². The van der Waals surface area contributed by atoms with Crippen LogP contribution in [0.5, 0.6) is 0 Å². The SMILES string of the molecule is c1cnc2c(N3CCOCC3)nc(-c3ccnc(C4CCNCC4)n3)nc2c1. The monoisotopic (exact) mass is 377 g/mol. The molecule has 2 aliphatic heterocycles. The van der Waals surface area contributed by atoms with E-state index in [-0.39, 0.29) is 0 Å². The molecule has 1 N–H and O–H groups in total. The molecule has 8 heteroatoms. The molecule has 2 aliphatic rings. The Morgan fingerprint density at radius 3 is 2.68 bits per heavy atom. The van der Waals surface area contributed by atoms with Gasteiger partial charge in [-0.05, 0) is 44.1 Å². The summed E-state index contributed by atoms with van der Waals surface area (Å²) in [4.78, 5) is 25.7. The number of fused-ring (bicyclic) bond motifs is 1. The minimum absolute atomic E-state index is 0.391. The Balaban J connectivity index is 1.57. The van der Waals surface area contributed by atoms with Gasteiger partial charge >= 0.3 is 0 Å². The fourth-order valence-corrected chi connectivity index (χ4v) is 3.84. The van der Waals surface area contributed by atoms with Crippen molar-refractivity contribution in [2.24, 2.45) is 0 Å². The van der Waals surface area contributed by atoms with Crippen molar-refractivity contribution in [1.82, 2.24) is 30.2 Å². The lowest BCUT2D eigenvalue weighted by Crippen LogP contribution is -2.37. The van der Waals surface area contributed by atoms with E-state index in [0.29, 0.717) is 25.0 Å². The molecular weight excluding hydrogens is 354 g/mol. The van der Waals surface area contributed by atoms with Gasteiger partial charge in [-0.2, -0.15) is 0 Å². The second-order valence-electron chi connectivity index (χ2n) is 7.17. The topological polar surface area (TPSA) is 89.0 Å². The first-order chi connectivity index (χ1) is 13.9. The quantitative estimate of drug-likeness (QED) is 0.739. The molecule has 8 nitrogen and oxygen atoms in total. The lowest BCUT2D eigenvalue weighted by atomic mass is 9.97. The van der Waals surface area contributed by atoms with Gasteiger partial charge in [0.05, 0.1) is 18.7 Å². The van der Waals surface area contributed by atoms with Crippen LogP contribution >= 0.6 is 0 Å². The lowest BCUT2D eigenvalue weighted by Gasteiger charge is -2.28. The van der Waals surface area contributed by atoms with Crippen molar-refractivity contribution in [3.63, 3.8) is 0 Å². The molecule has 5 rings (SSSR count). The molecule has 2 fully saturated rings. The summed E-state index contributed by atoms with van der Waals surface area (Å²) < 4.78 is 5.50. The van der Waals surface area contributed by atoms with Crippen molar-refractivity contribution in [2.75, 3.05) is 44.3 Å². The van der Waals surface area contributed by atoms with Crippen LogP contribution in [-0.4, -0.2) is 64.3 Å². The highest BCUT2D eigenvalue weighted by atomic mass is 16.5. The van der Waals surface area contributed by atoms with Gasteiger partial charge in [0.2, 0.25) is 0 Å². The number of morpholine rings is 1. The van der Waals surface area contributed by atoms with Crippen molar-refractivity contribution in [2.45, 2.75) is 18.8 Å². The van der Waals surface area contributed by atoms with Crippen molar-refractivity contribution in [1.29, 1.82) is 0 Å². The molecule has 0 saturated carbocycles. The van der Waals surface area contributed by atoms with E-state index in [2.05, 4.69) is 20.2 Å². The van der Waals surface area contributed by atoms with E-state index in [0.717, 1.165) is 67.4 Å². The summed E-state index contributed by atoms with van der Waals surface area (Å²) in [5, 5.41) is 3.39. The molecule has 0 radical (unpaired) electrons. The summed E-state index contributed by atoms with van der Waals surface area (Å²) >= 11 is 0. The van der Waals surface area contributed by atoms with Gasteiger partial charge in [-0.1, -0.05) is 0 Å². The molecule has 5 heterocycles. The molecule has 0 spiro atoms. The van der Waals surface area contributed by atoms with Gasteiger partial charge in [-0.15, -0.1) is 0 Å². The summed E-state index contributed by atoms with van der Waals surface area (Å²) in [7, 11) is 0. The van der Waals surface area contributed by atoms with Crippen LogP contribution in [0.1, 0.15) is 24.6 Å². The van der Waals surface area contributed by atoms with Crippen LogP contribution in [0, 0.1) is 0 Å². The van der Waals surface area contributed by atoms with E-state index in [1.807, 2.05) is 24.4 Å². The molecule has 28 heavy (non-hydrogen) atoms. The predicted molar refractivity (Wildman–Crippen MR) is 106 cm³/mol. The highest BCUT2D eigenvalue weighted by molar-refractivity contribution is 5.87. The van der Waals surface area contributed by atoms with Crippen molar-refractivity contribution < 1.29 is 4.74 Å². The zero-order chi connectivity index (χ0) is 18.8. The molecule has 2 saturated heterocycles.